The number of aryl methyl sites for hydroxylation is 2. The molecule has 1 aliphatic heterocycles. The van der Waals surface area contributed by atoms with Crippen molar-refractivity contribution < 1.29 is 18.6 Å². The van der Waals surface area contributed by atoms with E-state index in [0.29, 0.717) is 5.82 Å². The highest BCUT2D eigenvalue weighted by Gasteiger charge is 2.27. The van der Waals surface area contributed by atoms with E-state index < -0.39 is 0 Å². The molecule has 1 aliphatic rings. The summed E-state index contributed by atoms with van der Waals surface area (Å²) in [6.45, 7) is 4.83. The molecule has 0 fully saturated rings. The van der Waals surface area contributed by atoms with E-state index >= 15 is 0 Å². The predicted molar refractivity (Wildman–Crippen MR) is 256 cm³/mol. The number of hydrogen-bond donors (Lipinski definition) is 0. The van der Waals surface area contributed by atoms with Gasteiger partial charge >= 0.3 is 0 Å². The van der Waals surface area contributed by atoms with Crippen LogP contribution in [0.3, 0.4) is 0 Å². The predicted octanol–water partition coefficient (Wildman–Crippen LogP) is 13.0. The number of methoxy groups -OCH3 is 1. The lowest BCUT2D eigenvalue weighted by atomic mass is 9.83. The van der Waals surface area contributed by atoms with E-state index in [1.54, 1.807) is 0 Å². The Morgan fingerprint density at radius 2 is 1.25 bits per heavy atom. The fourth-order valence-corrected chi connectivity index (χ4v) is 9.70. The van der Waals surface area contributed by atoms with Crippen molar-refractivity contribution in [2.75, 3.05) is 13.7 Å². The van der Waals surface area contributed by atoms with Crippen LogP contribution in [-0.2, 0) is 13.1 Å². The Morgan fingerprint density at radius 3 is 2.03 bits per heavy atom. The van der Waals surface area contributed by atoms with Crippen LogP contribution < -0.4 is 18.6 Å². The number of benzene rings is 7. The molecule has 0 amide bonds. The Labute approximate surface area is 367 Å². The molecule has 306 valence electrons. The molecule has 0 bridgehead atoms. The van der Waals surface area contributed by atoms with Crippen molar-refractivity contribution in [1.29, 1.82) is 0 Å². The van der Waals surface area contributed by atoms with Crippen LogP contribution in [0.15, 0.2) is 170 Å². The molecule has 4 heterocycles. The molecule has 11 rings (SSSR count). The second-order valence-electron chi connectivity index (χ2n) is 16.5. The molecule has 0 aliphatic carbocycles. The Kier molecular flexibility index (Phi) is 10.0. The van der Waals surface area contributed by atoms with Crippen molar-refractivity contribution in [3.8, 4) is 67.7 Å². The maximum absolute atomic E-state index is 6.56. The number of fused-ring (bicyclic) bond motifs is 3. The summed E-state index contributed by atoms with van der Waals surface area (Å²) >= 11 is 0. The Balaban J connectivity index is 1.25. The lowest BCUT2D eigenvalue weighted by Crippen LogP contribution is -2.35. The summed E-state index contributed by atoms with van der Waals surface area (Å²) in [5.74, 6) is 2.50. The summed E-state index contributed by atoms with van der Waals surface area (Å²) in [6, 6.07) is 56.4. The average Bonchev–Trinajstić information content (AvgIpc) is 3.34. The highest BCUT2D eigenvalue weighted by molar-refractivity contribution is 6.24. The van der Waals surface area contributed by atoms with Gasteiger partial charge in [-0.3, -0.25) is 0 Å². The largest absolute Gasteiger partial charge is 0.490 e. The van der Waals surface area contributed by atoms with E-state index in [-0.39, 0.29) is 0 Å². The molecule has 0 spiro atoms. The van der Waals surface area contributed by atoms with Crippen molar-refractivity contribution in [2.45, 2.75) is 45.7 Å². The second kappa shape index (κ2) is 16.4. The molecule has 0 unspecified atom stereocenters. The second-order valence-corrected chi connectivity index (χ2v) is 16.5. The first-order valence-corrected chi connectivity index (χ1v) is 22.2. The first kappa shape index (κ1) is 38.5. The van der Waals surface area contributed by atoms with Crippen LogP contribution in [0.4, 0.5) is 0 Å². The third kappa shape index (κ3) is 6.83. The molecule has 6 heteroatoms. The molecular formula is C57H48N4O2+2. The zero-order valence-corrected chi connectivity index (χ0v) is 35.7. The van der Waals surface area contributed by atoms with Crippen LogP contribution in [0.25, 0.3) is 99.5 Å². The molecule has 0 saturated carbocycles. The zero-order chi connectivity index (χ0) is 42.3. The highest BCUT2D eigenvalue weighted by Crippen LogP contribution is 2.49. The van der Waals surface area contributed by atoms with Crippen LogP contribution in [0.1, 0.15) is 32.6 Å². The minimum absolute atomic E-state index is 0.689. The first-order valence-electron chi connectivity index (χ1n) is 22.2. The molecular weight excluding hydrogens is 773 g/mol. The summed E-state index contributed by atoms with van der Waals surface area (Å²) in [7, 11) is 1.82. The molecule has 3 aromatic heterocycles. The van der Waals surface area contributed by atoms with Gasteiger partial charge in [0.25, 0.3) is 11.0 Å². The number of unbranched alkanes of at least 4 members (excludes halogenated alkanes) is 1. The van der Waals surface area contributed by atoms with Gasteiger partial charge in [0.1, 0.15) is 13.1 Å². The number of nitrogens with zero attached hydrogens (tertiary/aromatic N) is 4. The standard InChI is InChI=1S/C57H48N4O2/c1-3-4-31-60-33-15-21-39-25-28-47(56(62-2)54(39)60)53-43-23-12-11-22-42(43)52(44-29-30-51-55-46(44)24-16-34-61(55)32-13-14-35-63-51)45-27-26-41(36-48(45)53)50-37-49(38-17-7-5-8-18-38)58-57(59-50)40-19-9-6-10-20-40/h5-12,15-30,33-34,36-37H,3-4,13-14,31-32,35H2,1-2H3/q+2. The topological polar surface area (TPSA) is 52.0 Å². The van der Waals surface area contributed by atoms with E-state index in [9.17, 15) is 0 Å². The van der Waals surface area contributed by atoms with E-state index in [1.165, 1.54) is 21.9 Å². The Hall–Kier alpha value is -7.44. The smallest absolute Gasteiger partial charge is 0.255 e. The van der Waals surface area contributed by atoms with E-state index in [4.69, 9.17) is 19.4 Å². The quantitative estimate of drug-likeness (QED) is 0.107. The van der Waals surface area contributed by atoms with Crippen LogP contribution in [-0.4, -0.2) is 23.7 Å². The van der Waals surface area contributed by atoms with E-state index in [2.05, 4.69) is 162 Å². The highest BCUT2D eigenvalue weighted by atomic mass is 16.5. The molecule has 0 radical (unpaired) electrons. The SMILES string of the molecule is CCCC[n+]1cccc2ccc(-c3c4ccccc4c(-c4ccc5c6c4ccc[n+]6CCCCO5)c4ccc(-c5cc(-c6ccccc6)nc(-c6ccccc6)n5)cc34)c(OC)c21. The number of hydrogen-bond acceptors (Lipinski definition) is 4. The molecule has 63 heavy (non-hydrogen) atoms. The first-order chi connectivity index (χ1) is 31.2. The monoisotopic (exact) mass is 820 g/mol. The van der Waals surface area contributed by atoms with Gasteiger partial charge in [0.15, 0.2) is 29.7 Å². The Morgan fingerprint density at radius 1 is 0.571 bits per heavy atom. The van der Waals surface area contributed by atoms with E-state index in [0.717, 1.165) is 129 Å². The van der Waals surface area contributed by atoms with Gasteiger partial charge in [-0.15, -0.1) is 0 Å². The van der Waals surface area contributed by atoms with Gasteiger partial charge in [-0.05, 0) is 87.6 Å². The maximum Gasteiger partial charge on any atom is 0.255 e. The fraction of sp³-hybridized carbons (Fsp3) is 0.158. The fourth-order valence-electron chi connectivity index (χ4n) is 9.70. The molecule has 0 atom stereocenters. The van der Waals surface area contributed by atoms with Gasteiger partial charge in [0, 0.05) is 52.8 Å². The normalized spacial score (nSPS) is 12.7. The lowest BCUT2D eigenvalue weighted by Gasteiger charge is -2.21. The zero-order valence-electron chi connectivity index (χ0n) is 35.7. The molecule has 6 nitrogen and oxygen atoms in total. The maximum atomic E-state index is 6.56. The van der Waals surface area contributed by atoms with Gasteiger partial charge in [-0.25, -0.2) is 9.97 Å². The summed E-state index contributed by atoms with van der Waals surface area (Å²) < 4.78 is 17.7. The van der Waals surface area contributed by atoms with Crippen LogP contribution in [0.2, 0.25) is 0 Å². The van der Waals surface area contributed by atoms with Crippen LogP contribution >= 0.6 is 0 Å². The van der Waals surface area contributed by atoms with Gasteiger partial charge < -0.3 is 9.47 Å². The van der Waals surface area contributed by atoms with Crippen molar-refractivity contribution in [2.24, 2.45) is 0 Å². The third-order valence-corrected chi connectivity index (χ3v) is 12.7. The van der Waals surface area contributed by atoms with Gasteiger partial charge in [-0.1, -0.05) is 110 Å². The molecule has 7 aromatic carbocycles. The van der Waals surface area contributed by atoms with E-state index in [1.807, 2.05) is 31.4 Å². The Bertz CT molecular complexity index is 3280. The minimum atomic E-state index is 0.689. The van der Waals surface area contributed by atoms with Crippen molar-refractivity contribution in [1.82, 2.24) is 9.97 Å². The number of pyridine rings is 2. The third-order valence-electron chi connectivity index (χ3n) is 12.7. The van der Waals surface area contributed by atoms with Crippen molar-refractivity contribution in [3.63, 3.8) is 0 Å². The number of ether oxygens (including phenoxy) is 2. The van der Waals surface area contributed by atoms with Crippen LogP contribution in [0, 0.1) is 0 Å². The summed E-state index contributed by atoms with van der Waals surface area (Å²) in [6.07, 6.45) is 8.68. The van der Waals surface area contributed by atoms with Gasteiger partial charge in [0.2, 0.25) is 0 Å². The van der Waals surface area contributed by atoms with Crippen molar-refractivity contribution >= 4 is 43.4 Å². The minimum Gasteiger partial charge on any atom is -0.490 e. The molecule has 0 saturated heterocycles. The molecule has 0 N–H and O–H groups in total. The number of aromatic nitrogens is 4. The van der Waals surface area contributed by atoms with Crippen LogP contribution in [0.5, 0.6) is 11.5 Å². The summed E-state index contributed by atoms with van der Waals surface area (Å²) in [5, 5.41) is 6.93. The number of rotatable bonds is 9. The average molecular weight is 821 g/mol. The molecule has 10 aromatic rings. The summed E-state index contributed by atoms with van der Waals surface area (Å²) in [4.78, 5) is 10.4. The van der Waals surface area contributed by atoms with Gasteiger partial charge in [0.05, 0.1) is 35.9 Å². The lowest BCUT2D eigenvalue weighted by molar-refractivity contribution is -0.672. The van der Waals surface area contributed by atoms with Crippen molar-refractivity contribution in [3.05, 3.63) is 170 Å². The van der Waals surface area contributed by atoms with Gasteiger partial charge in [-0.2, -0.15) is 9.13 Å². The summed E-state index contributed by atoms with van der Waals surface area (Å²) in [5.41, 5.74) is 11.6.